The van der Waals surface area contributed by atoms with Gasteiger partial charge in [-0.15, -0.1) is 0 Å². The predicted octanol–water partition coefficient (Wildman–Crippen LogP) is 2.48. The van der Waals surface area contributed by atoms with Gasteiger partial charge in [0, 0.05) is 23.0 Å². The van der Waals surface area contributed by atoms with E-state index in [9.17, 15) is 4.79 Å². The van der Waals surface area contributed by atoms with Crippen LogP contribution in [0.4, 0.5) is 0 Å². The molecule has 0 aliphatic heterocycles. The zero-order valence-electron chi connectivity index (χ0n) is 10.0. The van der Waals surface area contributed by atoms with Crippen LogP contribution in [0.25, 0.3) is 21.8 Å². The Morgan fingerprint density at radius 2 is 2.21 bits per heavy atom. The van der Waals surface area contributed by atoms with Gasteiger partial charge in [0.2, 0.25) is 0 Å². The molecule has 3 aromatic rings. The molecule has 96 valence electrons. The fourth-order valence-electron chi connectivity index (χ4n) is 2.17. The van der Waals surface area contributed by atoms with E-state index in [1.165, 1.54) is 0 Å². The molecule has 1 aromatic carbocycles. The minimum absolute atomic E-state index is 0.212. The summed E-state index contributed by atoms with van der Waals surface area (Å²) in [6.45, 7) is 0. The standard InChI is InChI=1S/C13H10ClN3O2/c1-19-10-5-9-7(4-8(10)14)6-2-3-16-12(13(15)18)11(6)17-9/h2-5,17H,1H3,(H2,15,18). The molecule has 0 atom stereocenters. The fourth-order valence-corrected chi connectivity index (χ4v) is 2.41. The number of pyridine rings is 1. The fraction of sp³-hybridized carbons (Fsp3) is 0.0769. The SMILES string of the molecule is COc1cc2[nH]c3c(C(N)=O)nccc3c2cc1Cl. The summed E-state index contributed by atoms with van der Waals surface area (Å²) in [7, 11) is 1.55. The molecule has 0 aliphatic carbocycles. The van der Waals surface area contributed by atoms with Crippen molar-refractivity contribution in [1.29, 1.82) is 0 Å². The van der Waals surface area contributed by atoms with Crippen molar-refractivity contribution < 1.29 is 9.53 Å². The molecular formula is C13H10ClN3O2. The third kappa shape index (κ3) is 1.70. The van der Waals surface area contributed by atoms with Crippen LogP contribution in [0.2, 0.25) is 5.02 Å². The number of halogens is 1. The van der Waals surface area contributed by atoms with E-state index in [-0.39, 0.29) is 5.69 Å². The Bertz CT molecular complexity index is 810. The number of nitrogens with zero attached hydrogens (tertiary/aromatic N) is 1. The highest BCUT2D eigenvalue weighted by atomic mass is 35.5. The summed E-state index contributed by atoms with van der Waals surface area (Å²) in [5, 5.41) is 2.25. The molecule has 0 bridgehead atoms. The number of ether oxygens (including phenoxy) is 1. The van der Waals surface area contributed by atoms with Gasteiger partial charge in [-0.3, -0.25) is 4.79 Å². The summed E-state index contributed by atoms with van der Waals surface area (Å²) in [4.78, 5) is 18.5. The number of H-pyrrole nitrogens is 1. The summed E-state index contributed by atoms with van der Waals surface area (Å²) in [6.07, 6.45) is 1.55. The van der Waals surface area contributed by atoms with Crippen molar-refractivity contribution in [2.75, 3.05) is 7.11 Å². The summed E-state index contributed by atoms with van der Waals surface area (Å²) in [5.74, 6) is -0.00970. The molecule has 5 nitrogen and oxygen atoms in total. The Hall–Kier alpha value is -2.27. The lowest BCUT2D eigenvalue weighted by Crippen LogP contribution is -2.13. The lowest BCUT2D eigenvalue weighted by atomic mass is 10.1. The Kier molecular flexibility index (Phi) is 2.57. The highest BCUT2D eigenvalue weighted by Crippen LogP contribution is 2.34. The van der Waals surface area contributed by atoms with Gasteiger partial charge in [-0.1, -0.05) is 11.6 Å². The summed E-state index contributed by atoms with van der Waals surface area (Å²) < 4.78 is 5.17. The third-order valence-corrected chi connectivity index (χ3v) is 3.32. The molecule has 2 aromatic heterocycles. The Morgan fingerprint density at radius 1 is 1.42 bits per heavy atom. The average molecular weight is 276 g/mol. The number of hydrogen-bond donors (Lipinski definition) is 2. The molecule has 0 saturated carbocycles. The molecule has 0 aliphatic rings. The first-order chi connectivity index (χ1) is 9.11. The normalized spacial score (nSPS) is 11.1. The molecule has 3 N–H and O–H groups in total. The van der Waals surface area contributed by atoms with E-state index in [1.807, 2.05) is 6.07 Å². The summed E-state index contributed by atoms with van der Waals surface area (Å²) >= 11 is 6.12. The van der Waals surface area contributed by atoms with Crippen LogP contribution in [-0.4, -0.2) is 23.0 Å². The Morgan fingerprint density at radius 3 is 2.89 bits per heavy atom. The molecule has 0 radical (unpaired) electrons. The smallest absolute Gasteiger partial charge is 0.269 e. The van der Waals surface area contributed by atoms with E-state index in [2.05, 4.69) is 9.97 Å². The Labute approximate surface area is 113 Å². The van der Waals surface area contributed by atoms with Crippen LogP contribution in [0.15, 0.2) is 24.4 Å². The maximum atomic E-state index is 11.4. The zero-order chi connectivity index (χ0) is 13.6. The number of fused-ring (bicyclic) bond motifs is 3. The number of benzene rings is 1. The number of hydrogen-bond acceptors (Lipinski definition) is 3. The van der Waals surface area contributed by atoms with E-state index in [4.69, 9.17) is 22.1 Å². The zero-order valence-corrected chi connectivity index (χ0v) is 10.8. The molecule has 0 saturated heterocycles. The molecule has 19 heavy (non-hydrogen) atoms. The van der Waals surface area contributed by atoms with Crippen LogP contribution in [0.1, 0.15) is 10.5 Å². The van der Waals surface area contributed by atoms with Gasteiger partial charge in [-0.05, 0) is 12.1 Å². The van der Waals surface area contributed by atoms with Gasteiger partial charge < -0.3 is 15.5 Å². The van der Waals surface area contributed by atoms with Crippen molar-refractivity contribution in [1.82, 2.24) is 9.97 Å². The number of aromatic amines is 1. The molecule has 3 rings (SSSR count). The second kappa shape index (κ2) is 4.13. The van der Waals surface area contributed by atoms with E-state index in [0.29, 0.717) is 16.3 Å². The summed E-state index contributed by atoms with van der Waals surface area (Å²) in [6, 6.07) is 5.38. The topological polar surface area (TPSA) is 81.0 Å². The minimum atomic E-state index is -0.574. The second-order valence-corrected chi connectivity index (χ2v) is 4.51. The van der Waals surface area contributed by atoms with Crippen molar-refractivity contribution in [3.63, 3.8) is 0 Å². The third-order valence-electron chi connectivity index (χ3n) is 3.03. The highest BCUT2D eigenvalue weighted by molar-refractivity contribution is 6.33. The first-order valence-corrected chi connectivity index (χ1v) is 5.93. The largest absolute Gasteiger partial charge is 0.495 e. The number of nitrogens with one attached hydrogen (secondary N) is 1. The predicted molar refractivity (Wildman–Crippen MR) is 73.7 cm³/mol. The van der Waals surface area contributed by atoms with Crippen molar-refractivity contribution in [2.45, 2.75) is 0 Å². The molecule has 6 heteroatoms. The van der Waals surface area contributed by atoms with Crippen LogP contribution in [0, 0.1) is 0 Å². The van der Waals surface area contributed by atoms with Crippen molar-refractivity contribution in [2.24, 2.45) is 5.73 Å². The Balaban J connectivity index is 2.45. The van der Waals surface area contributed by atoms with E-state index < -0.39 is 5.91 Å². The first-order valence-electron chi connectivity index (χ1n) is 5.55. The molecular weight excluding hydrogens is 266 g/mol. The number of carbonyl (C=O) groups is 1. The number of aromatic nitrogens is 2. The van der Waals surface area contributed by atoms with Gasteiger partial charge in [0.05, 0.1) is 23.2 Å². The van der Waals surface area contributed by atoms with Crippen LogP contribution < -0.4 is 10.5 Å². The number of primary amides is 1. The lowest BCUT2D eigenvalue weighted by Gasteiger charge is -2.02. The van der Waals surface area contributed by atoms with Crippen LogP contribution in [-0.2, 0) is 0 Å². The molecule has 0 fully saturated rings. The maximum absolute atomic E-state index is 11.4. The number of methoxy groups -OCH3 is 1. The van der Waals surface area contributed by atoms with Gasteiger partial charge in [0.15, 0.2) is 5.69 Å². The average Bonchev–Trinajstić information content (AvgIpc) is 2.75. The van der Waals surface area contributed by atoms with Crippen LogP contribution >= 0.6 is 11.6 Å². The first kappa shape index (κ1) is 11.8. The van der Waals surface area contributed by atoms with E-state index in [1.54, 1.807) is 25.4 Å². The van der Waals surface area contributed by atoms with Gasteiger partial charge in [0.25, 0.3) is 5.91 Å². The molecule has 2 heterocycles. The molecule has 0 spiro atoms. The number of rotatable bonds is 2. The van der Waals surface area contributed by atoms with E-state index in [0.717, 1.165) is 16.3 Å². The van der Waals surface area contributed by atoms with Gasteiger partial charge in [-0.2, -0.15) is 0 Å². The minimum Gasteiger partial charge on any atom is -0.495 e. The van der Waals surface area contributed by atoms with Crippen molar-refractivity contribution in [3.8, 4) is 5.75 Å². The number of carbonyl (C=O) groups excluding carboxylic acids is 1. The molecule has 1 amide bonds. The van der Waals surface area contributed by atoms with Gasteiger partial charge >= 0.3 is 0 Å². The van der Waals surface area contributed by atoms with E-state index >= 15 is 0 Å². The summed E-state index contributed by atoms with van der Waals surface area (Å²) in [5.41, 5.74) is 6.94. The second-order valence-electron chi connectivity index (χ2n) is 4.10. The van der Waals surface area contributed by atoms with Crippen LogP contribution in [0.5, 0.6) is 5.75 Å². The maximum Gasteiger partial charge on any atom is 0.269 e. The van der Waals surface area contributed by atoms with Crippen molar-refractivity contribution in [3.05, 3.63) is 35.1 Å². The number of amides is 1. The highest BCUT2D eigenvalue weighted by Gasteiger charge is 2.14. The molecule has 0 unspecified atom stereocenters. The number of nitrogens with two attached hydrogens (primary N) is 1. The van der Waals surface area contributed by atoms with Crippen LogP contribution in [0.3, 0.4) is 0 Å². The lowest BCUT2D eigenvalue weighted by molar-refractivity contribution is 0.0997. The van der Waals surface area contributed by atoms with Crippen molar-refractivity contribution >= 4 is 39.3 Å². The van der Waals surface area contributed by atoms with Gasteiger partial charge in [-0.25, -0.2) is 4.98 Å². The quantitative estimate of drug-likeness (QED) is 0.754. The monoisotopic (exact) mass is 275 g/mol. The van der Waals surface area contributed by atoms with Gasteiger partial charge in [0.1, 0.15) is 5.75 Å².